The van der Waals surface area contributed by atoms with Crippen LogP contribution in [0.25, 0.3) is 22.3 Å². The molecule has 52 heavy (non-hydrogen) atoms. The number of fused-ring (bicyclic) bond motifs is 1. The van der Waals surface area contributed by atoms with E-state index >= 15 is 0 Å². The Morgan fingerprint density at radius 2 is 1.31 bits per heavy atom. The quantitative estimate of drug-likeness (QED) is 0.141. The van der Waals surface area contributed by atoms with Crippen LogP contribution in [0.4, 0.5) is 10.2 Å². The Kier molecular flexibility index (Phi) is 9.42. The van der Waals surface area contributed by atoms with Gasteiger partial charge in [-0.15, -0.1) is 0 Å². The van der Waals surface area contributed by atoms with Gasteiger partial charge in [0.1, 0.15) is 23.5 Å². The average molecular weight is 707 g/mol. The van der Waals surface area contributed by atoms with Crippen molar-refractivity contribution in [3.8, 4) is 22.8 Å². The highest BCUT2D eigenvalue weighted by atomic mass is 31.2. The van der Waals surface area contributed by atoms with Crippen molar-refractivity contribution in [1.29, 1.82) is 0 Å². The van der Waals surface area contributed by atoms with Gasteiger partial charge in [-0.05, 0) is 49.2 Å². The first-order chi connectivity index (χ1) is 25.6. The molecule has 258 valence electrons. The minimum Gasteiger partial charge on any atom is -0.457 e. The van der Waals surface area contributed by atoms with Crippen molar-refractivity contribution in [2.75, 3.05) is 19.8 Å². The first-order valence-electron chi connectivity index (χ1n) is 17.3. The highest BCUT2D eigenvalue weighted by molar-refractivity contribution is 7.87. The van der Waals surface area contributed by atoms with E-state index in [1.165, 1.54) is 0 Å². The number of ether oxygens (including phenoxy) is 1. The van der Waals surface area contributed by atoms with E-state index in [1.54, 1.807) is 11.2 Å². The Morgan fingerprint density at radius 3 is 1.88 bits per heavy atom. The largest absolute Gasteiger partial charge is 0.457 e. The molecule has 3 heterocycles. The zero-order chi connectivity index (χ0) is 35.3. The maximum atomic E-state index is 13.5. The van der Waals surface area contributed by atoms with Gasteiger partial charge in [-0.3, -0.25) is 4.79 Å². The summed E-state index contributed by atoms with van der Waals surface area (Å²) in [6, 6.07) is 48.5. The summed E-state index contributed by atoms with van der Waals surface area (Å²) in [7, 11) is -2.70. The average Bonchev–Trinajstić information content (AvgIpc) is 3.62. The molecular weight excluding hydrogens is 670 g/mol. The van der Waals surface area contributed by atoms with Crippen molar-refractivity contribution in [2.45, 2.75) is 18.9 Å². The van der Waals surface area contributed by atoms with Crippen molar-refractivity contribution < 1.29 is 13.9 Å². The minimum atomic E-state index is -2.70. The van der Waals surface area contributed by atoms with Crippen molar-refractivity contribution in [2.24, 2.45) is 4.74 Å². The van der Waals surface area contributed by atoms with E-state index in [9.17, 15) is 9.18 Å². The monoisotopic (exact) mass is 706 g/mol. The van der Waals surface area contributed by atoms with Crippen LogP contribution in [0.15, 0.2) is 157 Å². The van der Waals surface area contributed by atoms with Gasteiger partial charge in [0, 0.05) is 34.6 Å². The van der Waals surface area contributed by atoms with Crippen LogP contribution in [0.2, 0.25) is 0 Å². The normalized spacial score (nSPS) is 14.6. The van der Waals surface area contributed by atoms with E-state index in [2.05, 4.69) is 72.8 Å². The van der Waals surface area contributed by atoms with Gasteiger partial charge in [0.15, 0.2) is 18.1 Å². The molecule has 0 bridgehead atoms. The molecule has 10 heteroatoms. The number of nitrogens with zero attached hydrogens (tertiary/aromatic N) is 6. The number of para-hydroxylation sites is 1. The molecule has 1 atom stereocenters. The third-order valence-corrected chi connectivity index (χ3v) is 13.0. The summed E-state index contributed by atoms with van der Waals surface area (Å²) in [4.78, 5) is 23.8. The number of aromatic nitrogens is 4. The van der Waals surface area contributed by atoms with Gasteiger partial charge in [0.25, 0.3) is 5.91 Å². The predicted octanol–water partition coefficient (Wildman–Crippen LogP) is 8.23. The summed E-state index contributed by atoms with van der Waals surface area (Å²) in [6.45, 7) is -0.166. The van der Waals surface area contributed by atoms with E-state index in [0.717, 1.165) is 40.1 Å². The lowest BCUT2D eigenvalue weighted by molar-refractivity contribution is -0.133. The van der Waals surface area contributed by atoms with Gasteiger partial charge in [0.2, 0.25) is 0 Å². The smallest absolute Gasteiger partial charge is 0.254 e. The summed E-state index contributed by atoms with van der Waals surface area (Å²) < 4.78 is 27.3. The van der Waals surface area contributed by atoms with Crippen LogP contribution in [0.5, 0.6) is 11.5 Å². The Hall–Kier alpha value is -5.92. The van der Waals surface area contributed by atoms with Crippen molar-refractivity contribution in [1.82, 2.24) is 24.6 Å². The molecule has 0 saturated carbocycles. The molecule has 0 spiro atoms. The van der Waals surface area contributed by atoms with Gasteiger partial charge in [-0.2, -0.15) is 5.10 Å². The fourth-order valence-electron chi connectivity index (χ4n) is 6.95. The highest BCUT2D eigenvalue weighted by Gasteiger charge is 2.32. The molecule has 0 aliphatic carbocycles. The number of hydrogen-bond donors (Lipinski definition) is 0. The Morgan fingerprint density at radius 1 is 0.750 bits per heavy atom. The number of hydrogen-bond acceptors (Lipinski definition) is 6. The summed E-state index contributed by atoms with van der Waals surface area (Å²) in [5, 5.41) is 9.19. The number of carbonyl (C=O) groups is 1. The van der Waals surface area contributed by atoms with E-state index < -0.39 is 19.6 Å². The van der Waals surface area contributed by atoms with Crippen LogP contribution in [0.1, 0.15) is 18.9 Å². The summed E-state index contributed by atoms with van der Waals surface area (Å²) in [5.41, 5.74) is 2.12. The van der Waals surface area contributed by atoms with Gasteiger partial charge < -0.3 is 9.64 Å². The fraction of sp³-hybridized carbons (Fsp3) is 0.143. The summed E-state index contributed by atoms with van der Waals surface area (Å²) in [5.74, 6) is 1.44. The zero-order valence-corrected chi connectivity index (χ0v) is 29.3. The van der Waals surface area contributed by atoms with Gasteiger partial charge in [0.05, 0.1) is 18.5 Å². The highest BCUT2D eigenvalue weighted by Crippen LogP contribution is 2.50. The number of alkyl halides is 1. The number of rotatable bonds is 9. The van der Waals surface area contributed by atoms with Gasteiger partial charge in [-0.1, -0.05) is 109 Å². The van der Waals surface area contributed by atoms with Crippen LogP contribution < -0.4 is 20.7 Å². The molecule has 0 radical (unpaired) electrons. The second-order valence-corrected chi connectivity index (χ2v) is 15.7. The second-order valence-electron chi connectivity index (χ2n) is 12.6. The van der Waals surface area contributed by atoms with Crippen molar-refractivity contribution >= 4 is 45.7 Å². The molecule has 1 aliphatic heterocycles. The third-order valence-electron chi connectivity index (χ3n) is 9.42. The van der Waals surface area contributed by atoms with Crippen molar-refractivity contribution in [3.63, 3.8) is 0 Å². The lowest BCUT2D eigenvalue weighted by Gasteiger charge is -2.32. The Bertz CT molecular complexity index is 2250. The van der Waals surface area contributed by atoms with Crippen LogP contribution in [0, 0.1) is 0 Å². The number of amides is 1. The standard InChI is InChI=1S/C42H36FN6O2P/c43-28-38(50)48-27-13-14-32(29-48)49-42-39(40(46-49)31-23-25-34(26-24-31)51-33-15-5-1-6-16-33)41(44-30-45-42)47-52(35-17-7-2-8-18-35,36-19-9-3-10-20-36)37-21-11-4-12-22-37/h1-12,15-26,30,32H,13-14,27-29H2/t32-/m1/s1. The predicted molar refractivity (Wildman–Crippen MR) is 205 cm³/mol. The topological polar surface area (TPSA) is 85.5 Å². The number of halogens is 1. The summed E-state index contributed by atoms with van der Waals surface area (Å²) in [6.07, 6.45) is 3.04. The molecule has 1 aliphatic rings. The van der Waals surface area contributed by atoms with E-state index in [4.69, 9.17) is 24.5 Å². The van der Waals surface area contributed by atoms with Gasteiger partial charge in [-0.25, -0.2) is 23.8 Å². The molecule has 0 N–H and O–H groups in total. The van der Waals surface area contributed by atoms with Crippen molar-refractivity contribution in [3.05, 3.63) is 152 Å². The molecule has 0 unspecified atom stereocenters. The SMILES string of the molecule is O=C(CF)N1CCC[C@@H](n2nc(-c3ccc(Oc4ccccc4)cc3)c3c(N=P(c4ccccc4)(c4ccccc4)c4ccccc4)ncnc32)C1. The molecular formula is C42H36FN6O2P. The lowest BCUT2D eigenvalue weighted by Crippen LogP contribution is -2.41. The van der Waals surface area contributed by atoms with E-state index in [0.29, 0.717) is 41.4 Å². The summed E-state index contributed by atoms with van der Waals surface area (Å²) >= 11 is 0. The maximum Gasteiger partial charge on any atom is 0.254 e. The number of carbonyl (C=O) groups excluding carboxylic acids is 1. The van der Waals surface area contributed by atoms with Gasteiger partial charge >= 0.3 is 0 Å². The molecule has 1 saturated heterocycles. The fourth-order valence-corrected chi connectivity index (χ4v) is 10.4. The second kappa shape index (κ2) is 14.7. The Labute approximate surface area is 301 Å². The molecule has 8 rings (SSSR count). The number of benzene rings is 5. The molecule has 5 aromatic carbocycles. The first kappa shape index (κ1) is 33.2. The zero-order valence-electron chi connectivity index (χ0n) is 28.4. The third kappa shape index (κ3) is 6.40. The van der Waals surface area contributed by atoms with Crippen LogP contribution in [-0.4, -0.2) is 50.3 Å². The van der Waals surface area contributed by atoms with E-state index in [-0.39, 0.29) is 6.04 Å². The lowest BCUT2D eigenvalue weighted by atomic mass is 10.1. The Balaban J connectivity index is 1.37. The van der Waals surface area contributed by atoms with E-state index in [1.807, 2.05) is 77.5 Å². The molecule has 1 fully saturated rings. The molecule has 2 aromatic heterocycles. The molecule has 8 nitrogen and oxygen atoms in total. The molecule has 7 aromatic rings. The number of likely N-dealkylation sites (tertiary alicyclic amines) is 1. The first-order valence-corrected chi connectivity index (χ1v) is 19.1. The van der Waals surface area contributed by atoms with Crippen LogP contribution in [0.3, 0.4) is 0 Å². The maximum absolute atomic E-state index is 13.5. The number of piperidine rings is 1. The van der Waals surface area contributed by atoms with Crippen LogP contribution in [-0.2, 0) is 4.79 Å². The van der Waals surface area contributed by atoms with Crippen LogP contribution >= 0.6 is 7.05 Å². The molecule has 1 amide bonds. The minimum absolute atomic E-state index is 0.208.